The Balaban J connectivity index is 2.52. The summed E-state index contributed by atoms with van der Waals surface area (Å²) in [6.07, 6.45) is 0. The predicted molar refractivity (Wildman–Crippen MR) is 71.7 cm³/mol. The maximum absolute atomic E-state index is 8.02. The number of rotatable bonds is 0. The lowest BCUT2D eigenvalue weighted by molar-refractivity contribution is 0.660. The molecular formula is C15H13Br. The normalized spacial score (nSPS) is 22.8. The summed E-state index contributed by atoms with van der Waals surface area (Å²) in [6.45, 7) is -5.39. The number of hydrogen-bond donors (Lipinski definition) is 0. The molecule has 1 heteroatoms. The average molecular weight is 279 g/mol. The van der Waals surface area contributed by atoms with Gasteiger partial charge < -0.3 is 0 Å². The second-order valence-electron chi connectivity index (χ2n) is 3.99. The third-order valence-electron chi connectivity index (χ3n) is 3.01. The van der Waals surface area contributed by atoms with Gasteiger partial charge in [-0.3, -0.25) is 0 Å². The molecule has 0 bridgehead atoms. The van der Waals surface area contributed by atoms with Gasteiger partial charge in [0.25, 0.3) is 0 Å². The fourth-order valence-electron chi connectivity index (χ4n) is 2.25. The lowest BCUT2D eigenvalue weighted by Gasteiger charge is -2.21. The smallest absolute Gasteiger partial charge is 0.0243 e. The largest absolute Gasteiger partial charge is 0.0619 e. The Morgan fingerprint density at radius 1 is 1.00 bits per heavy atom. The van der Waals surface area contributed by atoms with Crippen LogP contribution in [0.3, 0.4) is 0 Å². The zero-order valence-electron chi connectivity index (χ0n) is 14.4. The number of halogens is 1. The van der Waals surface area contributed by atoms with E-state index in [9.17, 15) is 0 Å². The van der Waals surface area contributed by atoms with E-state index in [2.05, 4.69) is 15.9 Å². The highest BCUT2D eigenvalue weighted by Gasteiger charge is 2.34. The van der Waals surface area contributed by atoms with Gasteiger partial charge in [-0.2, -0.15) is 0 Å². The fraction of sp³-hybridized carbons (Fsp3) is 0.200. The van der Waals surface area contributed by atoms with E-state index in [-0.39, 0.29) is 0 Å². The predicted octanol–water partition coefficient (Wildman–Crippen LogP) is 4.76. The molecule has 0 atom stereocenters. The van der Waals surface area contributed by atoms with Crippen LogP contribution >= 0.6 is 15.9 Å². The molecular weight excluding hydrogens is 260 g/mol. The lowest BCUT2D eigenvalue weighted by Crippen LogP contribution is -2.14. The molecule has 2 aromatic carbocycles. The Hall–Kier alpha value is -1.08. The first-order chi connectivity index (χ1) is 10.1. The van der Waals surface area contributed by atoms with Gasteiger partial charge in [-0.05, 0) is 34.4 Å². The van der Waals surface area contributed by atoms with Gasteiger partial charge >= 0.3 is 0 Å². The van der Waals surface area contributed by atoms with Gasteiger partial charge in [0.15, 0.2) is 0 Å². The van der Waals surface area contributed by atoms with Crippen molar-refractivity contribution in [3.8, 4) is 11.1 Å². The van der Waals surface area contributed by atoms with Gasteiger partial charge in [-0.25, -0.2) is 0 Å². The van der Waals surface area contributed by atoms with Gasteiger partial charge in [0.2, 0.25) is 0 Å². The summed E-state index contributed by atoms with van der Waals surface area (Å²) in [5.74, 6) is 0. The first kappa shape index (κ1) is 5.50. The third-order valence-corrected chi connectivity index (χ3v) is 3.50. The van der Waals surface area contributed by atoms with Crippen molar-refractivity contribution in [2.45, 2.75) is 19.1 Å². The van der Waals surface area contributed by atoms with Crippen molar-refractivity contribution in [1.82, 2.24) is 0 Å². The first-order valence-corrected chi connectivity index (χ1v) is 5.80. The molecule has 80 valence electrons. The Kier molecular flexibility index (Phi) is 1.10. The van der Waals surface area contributed by atoms with Crippen LogP contribution in [0.5, 0.6) is 0 Å². The Labute approximate surface area is 113 Å². The van der Waals surface area contributed by atoms with E-state index in [1.807, 2.05) is 0 Å². The van der Waals surface area contributed by atoms with Crippen molar-refractivity contribution >= 4 is 15.9 Å². The molecule has 0 N–H and O–H groups in total. The molecule has 0 saturated carbocycles. The third kappa shape index (κ3) is 1.21. The average Bonchev–Trinajstić information content (AvgIpc) is 2.67. The number of hydrogen-bond acceptors (Lipinski definition) is 0. The molecule has 0 spiro atoms. The highest BCUT2D eigenvalue weighted by molar-refractivity contribution is 9.10. The van der Waals surface area contributed by atoms with Gasteiger partial charge in [0, 0.05) is 18.1 Å². The van der Waals surface area contributed by atoms with Crippen molar-refractivity contribution in [3.05, 3.63) is 58.1 Å². The van der Waals surface area contributed by atoms with E-state index in [4.69, 9.17) is 8.22 Å². The summed E-state index contributed by atoms with van der Waals surface area (Å²) < 4.78 is 48.8. The summed E-state index contributed by atoms with van der Waals surface area (Å²) >= 11 is 3.33. The van der Waals surface area contributed by atoms with Crippen molar-refractivity contribution < 1.29 is 8.22 Å². The van der Waals surface area contributed by atoms with Gasteiger partial charge in [0.05, 0.1) is 0 Å². The molecule has 0 unspecified atom stereocenters. The topological polar surface area (TPSA) is 0 Å². The van der Waals surface area contributed by atoms with Crippen LogP contribution in [0.15, 0.2) is 46.9 Å². The maximum atomic E-state index is 8.02. The van der Waals surface area contributed by atoms with Crippen molar-refractivity contribution in [2.75, 3.05) is 0 Å². The second-order valence-corrected chi connectivity index (χ2v) is 4.90. The Morgan fingerprint density at radius 2 is 1.75 bits per heavy atom. The summed E-state index contributed by atoms with van der Waals surface area (Å²) in [7, 11) is 0. The van der Waals surface area contributed by atoms with Crippen molar-refractivity contribution in [2.24, 2.45) is 0 Å². The zero-order valence-corrected chi connectivity index (χ0v) is 10.0. The minimum absolute atomic E-state index is 0.336. The molecule has 0 aliphatic heterocycles. The van der Waals surface area contributed by atoms with E-state index in [0.29, 0.717) is 26.7 Å². The van der Waals surface area contributed by atoms with E-state index < -0.39 is 19.1 Å². The zero-order chi connectivity index (χ0) is 16.3. The van der Waals surface area contributed by atoms with E-state index in [0.717, 1.165) is 0 Å². The van der Waals surface area contributed by atoms with Crippen LogP contribution in [-0.2, 0) is 5.41 Å². The SMILES string of the molecule is [2H]C([2H])([2H])C1(C([2H])([2H])[2H])c2ccccc2-c2ccc(Br)cc21. The first-order valence-electron chi connectivity index (χ1n) is 8.00. The van der Waals surface area contributed by atoms with Crippen LogP contribution in [0.2, 0.25) is 0 Å². The second kappa shape index (κ2) is 3.21. The van der Waals surface area contributed by atoms with Gasteiger partial charge in [0.1, 0.15) is 0 Å². The van der Waals surface area contributed by atoms with Crippen LogP contribution < -0.4 is 0 Å². The summed E-state index contributed by atoms with van der Waals surface area (Å²) in [5.41, 5.74) is 0.0323. The minimum Gasteiger partial charge on any atom is -0.0619 e. The van der Waals surface area contributed by atoms with Crippen molar-refractivity contribution in [1.29, 1.82) is 0 Å². The van der Waals surface area contributed by atoms with Gasteiger partial charge in [-0.15, -0.1) is 0 Å². The summed E-state index contributed by atoms with van der Waals surface area (Å²) in [5, 5.41) is 0. The molecule has 1 aliphatic carbocycles. The highest BCUT2D eigenvalue weighted by Crippen LogP contribution is 2.48. The fourth-order valence-corrected chi connectivity index (χ4v) is 2.61. The number of benzene rings is 2. The van der Waals surface area contributed by atoms with Crippen LogP contribution in [0.4, 0.5) is 0 Å². The van der Waals surface area contributed by atoms with Crippen LogP contribution in [-0.4, -0.2) is 0 Å². The molecule has 16 heavy (non-hydrogen) atoms. The van der Waals surface area contributed by atoms with Crippen LogP contribution in [0.25, 0.3) is 11.1 Å². The molecule has 0 fully saturated rings. The molecule has 0 amide bonds. The highest BCUT2D eigenvalue weighted by atomic mass is 79.9. The molecule has 1 aliphatic rings. The molecule has 0 saturated heterocycles. The van der Waals surface area contributed by atoms with Crippen LogP contribution in [0, 0.1) is 0 Å². The van der Waals surface area contributed by atoms with Crippen molar-refractivity contribution in [3.63, 3.8) is 0 Å². The van der Waals surface area contributed by atoms with Gasteiger partial charge in [-0.1, -0.05) is 60.0 Å². The lowest BCUT2D eigenvalue weighted by atomic mass is 9.82. The summed E-state index contributed by atoms with van der Waals surface area (Å²) in [6, 6.07) is 12.1. The van der Waals surface area contributed by atoms with E-state index in [1.165, 1.54) is 0 Å². The molecule has 0 heterocycles. The standard InChI is InChI=1S/C15H13Br/c1-15(2)13-6-4-3-5-11(13)12-8-7-10(16)9-14(12)15/h3-9H,1-2H3/i1D3,2D3. The quantitative estimate of drug-likeness (QED) is 0.652. The van der Waals surface area contributed by atoms with Crippen LogP contribution in [0.1, 0.15) is 33.1 Å². The van der Waals surface area contributed by atoms with E-state index >= 15 is 0 Å². The molecule has 0 radical (unpaired) electrons. The minimum atomic E-state index is -2.69. The van der Waals surface area contributed by atoms with E-state index in [1.54, 1.807) is 42.5 Å². The molecule has 0 aromatic heterocycles. The maximum Gasteiger partial charge on any atom is 0.0243 e. The summed E-state index contributed by atoms with van der Waals surface area (Å²) in [4.78, 5) is 0. The molecule has 2 aromatic rings. The molecule has 0 nitrogen and oxygen atoms in total. The number of fused-ring (bicyclic) bond motifs is 3. The molecule has 3 rings (SSSR count). The Morgan fingerprint density at radius 3 is 2.56 bits per heavy atom. The monoisotopic (exact) mass is 278 g/mol. The Bertz CT molecular complexity index is 730.